The van der Waals surface area contributed by atoms with Crippen LogP contribution < -0.4 is 10.6 Å². The molecule has 1 amide bonds. The molecule has 2 N–H and O–H groups in total. The summed E-state index contributed by atoms with van der Waals surface area (Å²) in [5.41, 5.74) is 1.20. The molecule has 1 saturated heterocycles. The van der Waals surface area contributed by atoms with Crippen molar-refractivity contribution in [3.8, 4) is 5.69 Å². The second kappa shape index (κ2) is 6.93. The highest BCUT2D eigenvalue weighted by atomic mass is 16.5. The number of fused-ring (bicyclic) bond motifs is 1. The van der Waals surface area contributed by atoms with Gasteiger partial charge in [-0.25, -0.2) is 4.68 Å². The highest BCUT2D eigenvalue weighted by Crippen LogP contribution is 2.34. The molecular weight excluding hydrogens is 318 g/mol. The zero-order chi connectivity index (χ0) is 17.2. The average Bonchev–Trinajstić information content (AvgIpc) is 3.31. The van der Waals surface area contributed by atoms with Gasteiger partial charge in [0.05, 0.1) is 24.0 Å². The summed E-state index contributed by atoms with van der Waals surface area (Å²) in [5.74, 6) is 1.06. The third kappa shape index (κ3) is 3.29. The molecule has 1 aromatic carbocycles. The van der Waals surface area contributed by atoms with E-state index in [0.717, 1.165) is 31.6 Å². The van der Waals surface area contributed by atoms with E-state index in [0.29, 0.717) is 17.5 Å². The van der Waals surface area contributed by atoms with E-state index in [1.165, 1.54) is 0 Å². The maximum absolute atomic E-state index is 12.6. The molecule has 2 fully saturated rings. The molecule has 1 saturated carbocycles. The first-order valence-electron chi connectivity index (χ1n) is 8.76. The number of rotatable bonds is 4. The number of benzene rings is 1. The Bertz CT molecular complexity index is 732. The Morgan fingerprint density at radius 3 is 2.76 bits per heavy atom. The summed E-state index contributed by atoms with van der Waals surface area (Å²) in [6.45, 7) is 2.08. The van der Waals surface area contributed by atoms with Crippen LogP contribution in [0.5, 0.6) is 0 Å². The smallest absolute Gasteiger partial charge is 0.273 e. The van der Waals surface area contributed by atoms with E-state index < -0.39 is 0 Å². The zero-order valence-electron chi connectivity index (χ0n) is 14.3. The Hall–Kier alpha value is -2.25. The van der Waals surface area contributed by atoms with Crippen LogP contribution in [0, 0.1) is 11.8 Å². The lowest BCUT2D eigenvalue weighted by Gasteiger charge is -2.37. The van der Waals surface area contributed by atoms with Crippen LogP contribution in [0.4, 0.5) is 0 Å². The normalized spacial score (nSPS) is 28.5. The highest BCUT2D eigenvalue weighted by Gasteiger charge is 2.40. The van der Waals surface area contributed by atoms with Gasteiger partial charge in [-0.2, -0.15) is 0 Å². The third-order valence-electron chi connectivity index (χ3n) is 5.39. The topological polar surface area (TPSA) is 81.1 Å². The second-order valence-electron chi connectivity index (χ2n) is 6.89. The number of para-hydroxylation sites is 1. The number of nitrogens with one attached hydrogen (secondary N) is 2. The monoisotopic (exact) mass is 341 g/mol. The molecule has 0 bridgehead atoms. The maximum Gasteiger partial charge on any atom is 0.273 e. The minimum atomic E-state index is -0.196. The molecule has 25 heavy (non-hydrogen) atoms. The number of hydrogen-bond acceptors (Lipinski definition) is 5. The van der Waals surface area contributed by atoms with Crippen LogP contribution >= 0.6 is 0 Å². The van der Waals surface area contributed by atoms with E-state index in [4.69, 9.17) is 4.74 Å². The Labute approximate surface area is 146 Å². The lowest BCUT2D eigenvalue weighted by molar-refractivity contribution is 0.0125. The molecule has 7 heteroatoms. The molecule has 1 aromatic heterocycles. The minimum absolute atomic E-state index is 0.0144. The number of methoxy groups -OCH3 is 1. The van der Waals surface area contributed by atoms with E-state index in [9.17, 15) is 4.79 Å². The number of amides is 1. The maximum atomic E-state index is 12.6. The largest absolute Gasteiger partial charge is 0.379 e. The van der Waals surface area contributed by atoms with Gasteiger partial charge in [0.15, 0.2) is 5.69 Å². The summed E-state index contributed by atoms with van der Waals surface area (Å²) >= 11 is 0. The van der Waals surface area contributed by atoms with Gasteiger partial charge in [0.2, 0.25) is 0 Å². The molecule has 4 atom stereocenters. The van der Waals surface area contributed by atoms with Gasteiger partial charge in [-0.3, -0.25) is 4.79 Å². The quantitative estimate of drug-likeness (QED) is 0.867. The van der Waals surface area contributed by atoms with Gasteiger partial charge >= 0.3 is 0 Å². The molecule has 2 aromatic rings. The minimum Gasteiger partial charge on any atom is -0.379 e. The fourth-order valence-corrected chi connectivity index (χ4v) is 4.01. The van der Waals surface area contributed by atoms with Crippen molar-refractivity contribution in [1.29, 1.82) is 0 Å². The lowest BCUT2D eigenvalue weighted by atomic mass is 9.77. The van der Waals surface area contributed by atoms with Crippen LogP contribution in [-0.2, 0) is 4.74 Å². The highest BCUT2D eigenvalue weighted by molar-refractivity contribution is 5.92. The van der Waals surface area contributed by atoms with Crippen LogP contribution in [0.2, 0.25) is 0 Å². The van der Waals surface area contributed by atoms with Crippen molar-refractivity contribution < 1.29 is 9.53 Å². The molecule has 1 aliphatic heterocycles. The van der Waals surface area contributed by atoms with Crippen LogP contribution in [0.25, 0.3) is 5.69 Å². The Kier molecular flexibility index (Phi) is 4.50. The molecule has 4 rings (SSSR count). The van der Waals surface area contributed by atoms with E-state index in [1.807, 2.05) is 30.3 Å². The number of aromatic nitrogens is 3. The summed E-state index contributed by atoms with van der Waals surface area (Å²) in [4.78, 5) is 12.6. The molecular formula is C18H23N5O2. The van der Waals surface area contributed by atoms with Crippen LogP contribution in [-0.4, -0.2) is 53.2 Å². The fourth-order valence-electron chi connectivity index (χ4n) is 4.01. The van der Waals surface area contributed by atoms with Crippen LogP contribution in [0.1, 0.15) is 23.3 Å². The predicted octanol–water partition coefficient (Wildman–Crippen LogP) is 1.01. The molecule has 2 heterocycles. The molecule has 132 valence electrons. The number of ether oxygens (including phenoxy) is 1. The molecule has 0 unspecified atom stereocenters. The van der Waals surface area contributed by atoms with Gasteiger partial charge in [0, 0.05) is 7.11 Å². The Morgan fingerprint density at radius 2 is 2.00 bits per heavy atom. The summed E-state index contributed by atoms with van der Waals surface area (Å²) in [5, 5.41) is 14.6. The van der Waals surface area contributed by atoms with Gasteiger partial charge in [0.1, 0.15) is 0 Å². The zero-order valence-corrected chi connectivity index (χ0v) is 14.3. The predicted molar refractivity (Wildman–Crippen MR) is 92.5 cm³/mol. The number of carbonyl (C=O) groups excluding carboxylic acids is 1. The summed E-state index contributed by atoms with van der Waals surface area (Å²) < 4.78 is 7.25. The van der Waals surface area contributed by atoms with Crippen molar-refractivity contribution >= 4 is 5.91 Å². The van der Waals surface area contributed by atoms with Gasteiger partial charge < -0.3 is 15.4 Å². The van der Waals surface area contributed by atoms with E-state index in [2.05, 4.69) is 20.9 Å². The first-order chi connectivity index (χ1) is 12.2. The van der Waals surface area contributed by atoms with Gasteiger partial charge in [0.25, 0.3) is 5.91 Å². The summed E-state index contributed by atoms with van der Waals surface area (Å²) in [7, 11) is 1.72. The fraction of sp³-hybridized carbons (Fsp3) is 0.500. The van der Waals surface area contributed by atoms with Crippen molar-refractivity contribution in [3.63, 3.8) is 0 Å². The SMILES string of the molecule is CO[C@H]1C[C@@H]2CNC[C@@H]2C[C@@H]1NC(=O)c1cn(-c2ccccc2)nn1. The van der Waals surface area contributed by atoms with E-state index in [-0.39, 0.29) is 18.1 Å². The molecule has 7 nitrogen and oxygen atoms in total. The van der Waals surface area contributed by atoms with E-state index in [1.54, 1.807) is 18.0 Å². The van der Waals surface area contributed by atoms with Crippen molar-refractivity contribution in [2.75, 3.05) is 20.2 Å². The van der Waals surface area contributed by atoms with Crippen molar-refractivity contribution in [2.24, 2.45) is 11.8 Å². The van der Waals surface area contributed by atoms with E-state index >= 15 is 0 Å². The molecule has 2 aliphatic rings. The number of hydrogen-bond donors (Lipinski definition) is 2. The first-order valence-corrected chi connectivity index (χ1v) is 8.76. The Balaban J connectivity index is 1.45. The average molecular weight is 341 g/mol. The van der Waals surface area contributed by atoms with Crippen LogP contribution in [0.3, 0.4) is 0 Å². The standard InChI is InChI=1S/C18H23N5O2/c1-25-17-8-13-10-19-9-12(13)7-15(17)20-18(24)16-11-23(22-21-16)14-5-3-2-4-6-14/h2-6,11-13,15,17,19H,7-10H2,1H3,(H,20,24)/t12-,13+,15-,17-/m0/s1. The van der Waals surface area contributed by atoms with Gasteiger partial charge in [-0.15, -0.1) is 5.10 Å². The Morgan fingerprint density at radius 1 is 1.24 bits per heavy atom. The summed E-state index contributed by atoms with van der Waals surface area (Å²) in [6.07, 6.45) is 3.63. The molecule has 0 radical (unpaired) electrons. The van der Waals surface area contributed by atoms with Crippen molar-refractivity contribution in [1.82, 2.24) is 25.6 Å². The molecule has 0 spiro atoms. The van der Waals surface area contributed by atoms with Crippen molar-refractivity contribution in [3.05, 3.63) is 42.2 Å². The van der Waals surface area contributed by atoms with Gasteiger partial charge in [-0.05, 0) is 49.9 Å². The lowest BCUT2D eigenvalue weighted by Crippen LogP contribution is -2.50. The van der Waals surface area contributed by atoms with Crippen molar-refractivity contribution in [2.45, 2.75) is 25.0 Å². The second-order valence-corrected chi connectivity index (χ2v) is 6.89. The summed E-state index contributed by atoms with van der Waals surface area (Å²) in [6, 6.07) is 9.65. The van der Waals surface area contributed by atoms with Gasteiger partial charge in [-0.1, -0.05) is 23.4 Å². The number of nitrogens with zero attached hydrogens (tertiary/aromatic N) is 3. The van der Waals surface area contributed by atoms with Crippen LogP contribution in [0.15, 0.2) is 36.5 Å². The third-order valence-corrected chi connectivity index (χ3v) is 5.39. The number of carbonyl (C=O) groups is 1. The molecule has 1 aliphatic carbocycles. The first kappa shape index (κ1) is 16.2.